The van der Waals surface area contributed by atoms with Crippen molar-refractivity contribution in [3.8, 4) is 0 Å². The summed E-state index contributed by atoms with van der Waals surface area (Å²) in [6.07, 6.45) is 3.99. The minimum absolute atomic E-state index is 0. The first-order valence-electron chi connectivity index (χ1n) is 8.94. The number of piperidine rings is 1. The van der Waals surface area contributed by atoms with E-state index < -0.39 is 5.41 Å². The molecule has 6 heteroatoms. The Bertz CT molecular complexity index is 590. The summed E-state index contributed by atoms with van der Waals surface area (Å²) in [4.78, 5) is 27.2. The standard InChI is InChI=1S/C19H27N3O2.ClH/c1-19(18(24)21-13-16-9-5-11-20-16)10-6-12-22(14-19)17(23)15-7-3-2-4-8-15;/h2-4,7-8,16,20H,5-6,9-14H2,1H3,(H,21,24);1H. The van der Waals surface area contributed by atoms with Crippen LogP contribution in [0.1, 0.15) is 43.0 Å². The Balaban J connectivity index is 0.00000225. The molecule has 1 aromatic carbocycles. The van der Waals surface area contributed by atoms with Crippen LogP contribution in [0, 0.1) is 5.41 Å². The van der Waals surface area contributed by atoms with Crippen LogP contribution >= 0.6 is 12.4 Å². The van der Waals surface area contributed by atoms with E-state index >= 15 is 0 Å². The van der Waals surface area contributed by atoms with Crippen LogP contribution in [0.15, 0.2) is 30.3 Å². The van der Waals surface area contributed by atoms with Crippen molar-refractivity contribution >= 4 is 24.2 Å². The SMILES string of the molecule is CC1(C(=O)NCC2CCCN2)CCCN(C(=O)c2ccccc2)C1.Cl. The van der Waals surface area contributed by atoms with E-state index in [1.165, 1.54) is 6.42 Å². The number of amides is 2. The average Bonchev–Trinajstić information content (AvgIpc) is 3.13. The summed E-state index contributed by atoms with van der Waals surface area (Å²) >= 11 is 0. The quantitative estimate of drug-likeness (QED) is 0.860. The maximum absolute atomic E-state index is 12.7. The van der Waals surface area contributed by atoms with Gasteiger partial charge in [-0.25, -0.2) is 0 Å². The molecule has 3 rings (SSSR count). The summed E-state index contributed by atoms with van der Waals surface area (Å²) in [5.41, 5.74) is 0.193. The molecule has 0 bridgehead atoms. The van der Waals surface area contributed by atoms with E-state index in [-0.39, 0.29) is 24.2 Å². The molecule has 1 aromatic rings. The molecule has 0 aliphatic carbocycles. The smallest absolute Gasteiger partial charge is 0.253 e. The van der Waals surface area contributed by atoms with Crippen LogP contribution in [-0.2, 0) is 4.79 Å². The largest absolute Gasteiger partial charge is 0.354 e. The van der Waals surface area contributed by atoms with E-state index in [0.717, 1.165) is 32.4 Å². The number of nitrogens with one attached hydrogen (secondary N) is 2. The fourth-order valence-corrected chi connectivity index (χ4v) is 3.72. The summed E-state index contributed by atoms with van der Waals surface area (Å²) in [7, 11) is 0. The molecule has 2 saturated heterocycles. The third-order valence-corrected chi connectivity index (χ3v) is 5.22. The Hall–Kier alpha value is -1.59. The first-order valence-corrected chi connectivity index (χ1v) is 8.94. The van der Waals surface area contributed by atoms with Crippen molar-refractivity contribution in [1.29, 1.82) is 0 Å². The van der Waals surface area contributed by atoms with Crippen molar-refractivity contribution in [2.75, 3.05) is 26.2 Å². The first-order chi connectivity index (χ1) is 11.6. The molecule has 2 N–H and O–H groups in total. The first kappa shape index (κ1) is 19.7. The molecule has 2 atom stereocenters. The number of nitrogens with zero attached hydrogens (tertiary/aromatic N) is 1. The number of carbonyl (C=O) groups excluding carboxylic acids is 2. The predicted molar refractivity (Wildman–Crippen MR) is 101 cm³/mol. The van der Waals surface area contributed by atoms with Crippen LogP contribution in [0.25, 0.3) is 0 Å². The third-order valence-electron chi connectivity index (χ3n) is 5.22. The number of hydrogen-bond donors (Lipinski definition) is 2. The number of benzene rings is 1. The van der Waals surface area contributed by atoms with Crippen molar-refractivity contribution in [3.63, 3.8) is 0 Å². The number of carbonyl (C=O) groups is 2. The van der Waals surface area contributed by atoms with Gasteiger partial charge in [0.15, 0.2) is 0 Å². The Morgan fingerprint density at radius 3 is 2.72 bits per heavy atom. The molecule has 2 unspecified atom stereocenters. The second kappa shape index (κ2) is 8.68. The van der Waals surface area contributed by atoms with Crippen molar-refractivity contribution < 1.29 is 9.59 Å². The monoisotopic (exact) mass is 365 g/mol. The molecule has 25 heavy (non-hydrogen) atoms. The third kappa shape index (κ3) is 4.73. The highest BCUT2D eigenvalue weighted by atomic mass is 35.5. The molecule has 0 radical (unpaired) electrons. The molecule has 138 valence electrons. The molecular formula is C19H28ClN3O2. The lowest BCUT2D eigenvalue weighted by Crippen LogP contribution is -2.53. The predicted octanol–water partition coefficient (Wildman–Crippen LogP) is 2.22. The fraction of sp³-hybridized carbons (Fsp3) is 0.579. The van der Waals surface area contributed by atoms with Crippen molar-refractivity contribution in [1.82, 2.24) is 15.5 Å². The molecule has 0 aromatic heterocycles. The molecular weight excluding hydrogens is 338 g/mol. The Labute approximate surface area is 155 Å². The van der Waals surface area contributed by atoms with Gasteiger partial charge in [0.05, 0.1) is 5.41 Å². The van der Waals surface area contributed by atoms with E-state index in [2.05, 4.69) is 10.6 Å². The van der Waals surface area contributed by atoms with Gasteiger partial charge in [-0.1, -0.05) is 18.2 Å². The lowest BCUT2D eigenvalue weighted by Gasteiger charge is -2.39. The van der Waals surface area contributed by atoms with Crippen LogP contribution in [0.3, 0.4) is 0 Å². The number of halogens is 1. The fourth-order valence-electron chi connectivity index (χ4n) is 3.72. The van der Waals surface area contributed by atoms with Gasteiger partial charge in [-0.2, -0.15) is 0 Å². The number of likely N-dealkylation sites (tertiary alicyclic amines) is 1. The van der Waals surface area contributed by atoms with E-state index in [1.54, 1.807) is 0 Å². The average molecular weight is 366 g/mol. The molecule has 2 amide bonds. The highest BCUT2D eigenvalue weighted by molar-refractivity contribution is 5.95. The maximum Gasteiger partial charge on any atom is 0.253 e. The van der Waals surface area contributed by atoms with E-state index in [9.17, 15) is 9.59 Å². The zero-order valence-corrected chi connectivity index (χ0v) is 15.6. The van der Waals surface area contributed by atoms with Gasteiger partial charge in [0.2, 0.25) is 5.91 Å². The Morgan fingerprint density at radius 1 is 1.28 bits per heavy atom. The van der Waals surface area contributed by atoms with Crippen molar-refractivity contribution in [2.24, 2.45) is 5.41 Å². The summed E-state index contributed by atoms with van der Waals surface area (Å²) in [6.45, 7) is 4.92. The van der Waals surface area contributed by atoms with Crippen LogP contribution in [0.5, 0.6) is 0 Å². The summed E-state index contributed by atoms with van der Waals surface area (Å²) < 4.78 is 0. The van der Waals surface area contributed by atoms with Gasteiger partial charge in [0, 0.05) is 31.2 Å². The molecule has 5 nitrogen and oxygen atoms in total. The molecule has 2 aliphatic rings. The Kier molecular flexibility index (Phi) is 6.85. The molecule has 2 aliphatic heterocycles. The van der Waals surface area contributed by atoms with Crippen LogP contribution in [0.4, 0.5) is 0 Å². The zero-order chi connectivity index (χ0) is 17.0. The minimum Gasteiger partial charge on any atom is -0.354 e. The lowest BCUT2D eigenvalue weighted by atomic mass is 9.80. The molecule has 0 saturated carbocycles. The maximum atomic E-state index is 12.7. The van der Waals surface area contributed by atoms with Crippen LogP contribution in [0.2, 0.25) is 0 Å². The molecule has 2 fully saturated rings. The highest BCUT2D eigenvalue weighted by Gasteiger charge is 2.39. The number of rotatable bonds is 4. The highest BCUT2D eigenvalue weighted by Crippen LogP contribution is 2.30. The summed E-state index contributed by atoms with van der Waals surface area (Å²) in [5, 5.41) is 6.49. The van der Waals surface area contributed by atoms with Crippen molar-refractivity contribution in [3.05, 3.63) is 35.9 Å². The zero-order valence-electron chi connectivity index (χ0n) is 14.8. The van der Waals surface area contributed by atoms with Crippen molar-refractivity contribution in [2.45, 2.75) is 38.6 Å². The van der Waals surface area contributed by atoms with Crippen LogP contribution < -0.4 is 10.6 Å². The molecule has 0 spiro atoms. The van der Waals surface area contributed by atoms with Gasteiger partial charge < -0.3 is 15.5 Å². The summed E-state index contributed by atoms with van der Waals surface area (Å²) in [5.74, 6) is 0.0912. The van der Waals surface area contributed by atoms with Gasteiger partial charge in [0.1, 0.15) is 0 Å². The van der Waals surface area contributed by atoms with Crippen LogP contribution in [-0.4, -0.2) is 48.9 Å². The second-order valence-electron chi connectivity index (χ2n) is 7.26. The van der Waals surface area contributed by atoms with Gasteiger partial charge >= 0.3 is 0 Å². The summed E-state index contributed by atoms with van der Waals surface area (Å²) in [6, 6.07) is 9.71. The van der Waals surface area contributed by atoms with Gasteiger partial charge in [0.25, 0.3) is 5.91 Å². The normalized spacial score (nSPS) is 26.0. The lowest BCUT2D eigenvalue weighted by molar-refractivity contribution is -0.132. The van der Waals surface area contributed by atoms with E-state index in [0.29, 0.717) is 24.7 Å². The van der Waals surface area contributed by atoms with Gasteiger partial charge in [-0.05, 0) is 51.3 Å². The Morgan fingerprint density at radius 2 is 2.04 bits per heavy atom. The number of hydrogen-bond acceptors (Lipinski definition) is 3. The minimum atomic E-state index is -0.499. The van der Waals surface area contributed by atoms with E-state index in [4.69, 9.17) is 0 Å². The topological polar surface area (TPSA) is 61.4 Å². The van der Waals surface area contributed by atoms with Gasteiger partial charge in [-0.3, -0.25) is 9.59 Å². The van der Waals surface area contributed by atoms with Gasteiger partial charge in [-0.15, -0.1) is 12.4 Å². The molecule has 2 heterocycles. The second-order valence-corrected chi connectivity index (χ2v) is 7.26. The van der Waals surface area contributed by atoms with E-state index in [1.807, 2.05) is 42.2 Å².